The number of hydrogen-bond donors (Lipinski definition) is 1. The molecular weight excluding hydrogens is 238 g/mol. The first-order chi connectivity index (χ1) is 9.03. The van der Waals surface area contributed by atoms with Crippen LogP contribution in [0.25, 0.3) is 0 Å². The highest BCUT2D eigenvalue weighted by atomic mass is 16.4. The molecule has 3 nitrogen and oxygen atoms in total. The Labute approximate surface area is 113 Å². The summed E-state index contributed by atoms with van der Waals surface area (Å²) in [7, 11) is 0. The van der Waals surface area contributed by atoms with E-state index in [4.69, 9.17) is 0 Å². The second-order valence-electron chi connectivity index (χ2n) is 4.88. The van der Waals surface area contributed by atoms with Crippen LogP contribution in [0.4, 0.5) is 10.5 Å². The lowest BCUT2D eigenvalue weighted by Crippen LogP contribution is -2.45. The third-order valence-corrected chi connectivity index (χ3v) is 3.24. The van der Waals surface area contributed by atoms with Crippen LogP contribution >= 0.6 is 0 Å². The van der Waals surface area contributed by atoms with Crippen LogP contribution in [0, 0.1) is 0 Å². The summed E-state index contributed by atoms with van der Waals surface area (Å²) in [6, 6.07) is 18.8. The summed E-state index contributed by atoms with van der Waals surface area (Å²) >= 11 is 0. The Morgan fingerprint density at radius 3 is 1.89 bits per heavy atom. The molecule has 2 aromatic rings. The first-order valence-corrected chi connectivity index (χ1v) is 6.17. The van der Waals surface area contributed by atoms with Crippen LogP contribution < -0.4 is 4.90 Å². The Kier molecular flexibility index (Phi) is 3.56. The largest absolute Gasteiger partial charge is 0.465 e. The number of rotatable bonds is 3. The number of amides is 1. The van der Waals surface area contributed by atoms with Crippen LogP contribution in [-0.2, 0) is 5.54 Å². The fourth-order valence-corrected chi connectivity index (χ4v) is 2.22. The van der Waals surface area contributed by atoms with Crippen molar-refractivity contribution >= 4 is 11.8 Å². The molecule has 2 rings (SSSR count). The van der Waals surface area contributed by atoms with E-state index in [0.717, 1.165) is 5.56 Å². The second kappa shape index (κ2) is 5.14. The molecule has 0 unspecified atom stereocenters. The van der Waals surface area contributed by atoms with Crippen molar-refractivity contribution in [2.75, 3.05) is 4.90 Å². The fourth-order valence-electron chi connectivity index (χ4n) is 2.22. The number of hydrogen-bond acceptors (Lipinski definition) is 1. The van der Waals surface area contributed by atoms with Gasteiger partial charge in [0.15, 0.2) is 0 Å². The van der Waals surface area contributed by atoms with Gasteiger partial charge in [-0.25, -0.2) is 4.79 Å². The van der Waals surface area contributed by atoms with Crippen molar-refractivity contribution in [3.05, 3.63) is 66.2 Å². The average Bonchev–Trinajstić information content (AvgIpc) is 2.40. The van der Waals surface area contributed by atoms with E-state index in [0.29, 0.717) is 5.69 Å². The highest BCUT2D eigenvalue weighted by Gasteiger charge is 2.33. The second-order valence-corrected chi connectivity index (χ2v) is 4.88. The maximum Gasteiger partial charge on any atom is 0.412 e. The van der Waals surface area contributed by atoms with Crippen LogP contribution in [-0.4, -0.2) is 11.2 Å². The molecule has 0 aliphatic carbocycles. The van der Waals surface area contributed by atoms with E-state index in [2.05, 4.69) is 0 Å². The van der Waals surface area contributed by atoms with E-state index < -0.39 is 11.6 Å². The van der Waals surface area contributed by atoms with Crippen molar-refractivity contribution in [2.45, 2.75) is 19.4 Å². The lowest BCUT2D eigenvalue weighted by molar-refractivity contribution is 0.194. The van der Waals surface area contributed by atoms with E-state index in [9.17, 15) is 9.90 Å². The lowest BCUT2D eigenvalue weighted by atomic mass is 9.92. The summed E-state index contributed by atoms with van der Waals surface area (Å²) in [6.45, 7) is 3.81. The van der Waals surface area contributed by atoms with Gasteiger partial charge in [-0.3, -0.25) is 4.90 Å². The molecule has 1 N–H and O–H groups in total. The first kappa shape index (κ1) is 13.1. The molecule has 19 heavy (non-hydrogen) atoms. The van der Waals surface area contributed by atoms with E-state index in [-0.39, 0.29) is 0 Å². The van der Waals surface area contributed by atoms with Crippen molar-refractivity contribution in [3.8, 4) is 0 Å². The van der Waals surface area contributed by atoms with Gasteiger partial charge in [0.05, 0.1) is 5.54 Å². The predicted octanol–water partition coefficient (Wildman–Crippen LogP) is 4.11. The molecule has 98 valence electrons. The SMILES string of the molecule is CC(C)(c1ccccc1)N(C(=O)O)c1ccccc1. The summed E-state index contributed by atoms with van der Waals surface area (Å²) in [5.74, 6) is 0. The number of para-hydroxylation sites is 1. The molecule has 0 bridgehead atoms. The van der Waals surface area contributed by atoms with E-state index in [1.165, 1.54) is 4.90 Å². The Hall–Kier alpha value is -2.29. The molecule has 0 heterocycles. The van der Waals surface area contributed by atoms with Crippen molar-refractivity contribution in [1.29, 1.82) is 0 Å². The van der Waals surface area contributed by atoms with Crippen LogP contribution in [0.2, 0.25) is 0 Å². The molecule has 0 atom stereocenters. The number of nitrogens with zero attached hydrogens (tertiary/aromatic N) is 1. The van der Waals surface area contributed by atoms with Crippen LogP contribution in [0.1, 0.15) is 19.4 Å². The lowest BCUT2D eigenvalue weighted by Gasteiger charge is -2.37. The predicted molar refractivity (Wildman–Crippen MR) is 76.4 cm³/mol. The zero-order valence-corrected chi connectivity index (χ0v) is 11.1. The monoisotopic (exact) mass is 255 g/mol. The number of carbonyl (C=O) groups is 1. The summed E-state index contributed by atoms with van der Waals surface area (Å²) in [6.07, 6.45) is -0.958. The van der Waals surface area contributed by atoms with Crippen molar-refractivity contribution < 1.29 is 9.90 Å². The standard InChI is InChI=1S/C16H17NO2/c1-16(2,13-9-5-3-6-10-13)17(15(18)19)14-11-7-4-8-12-14/h3-12H,1-2H3,(H,18,19). The van der Waals surface area contributed by atoms with Crippen molar-refractivity contribution in [3.63, 3.8) is 0 Å². The third-order valence-electron chi connectivity index (χ3n) is 3.24. The van der Waals surface area contributed by atoms with E-state index in [1.54, 1.807) is 12.1 Å². The van der Waals surface area contributed by atoms with Gasteiger partial charge in [0, 0.05) is 5.69 Å². The Morgan fingerprint density at radius 2 is 1.42 bits per heavy atom. The van der Waals surface area contributed by atoms with Crippen LogP contribution in [0.3, 0.4) is 0 Å². The summed E-state index contributed by atoms with van der Waals surface area (Å²) < 4.78 is 0. The van der Waals surface area contributed by atoms with Gasteiger partial charge in [-0.1, -0.05) is 48.5 Å². The smallest absolute Gasteiger partial charge is 0.412 e. The molecule has 0 radical (unpaired) electrons. The highest BCUT2D eigenvalue weighted by Crippen LogP contribution is 2.32. The maximum atomic E-state index is 11.6. The first-order valence-electron chi connectivity index (χ1n) is 6.17. The summed E-state index contributed by atoms with van der Waals surface area (Å²) in [5.41, 5.74) is 0.999. The third kappa shape index (κ3) is 2.60. The normalized spacial score (nSPS) is 11.1. The van der Waals surface area contributed by atoms with Crippen LogP contribution in [0.15, 0.2) is 60.7 Å². The Balaban J connectivity index is 2.48. The molecule has 0 aliphatic heterocycles. The van der Waals surface area contributed by atoms with Crippen molar-refractivity contribution in [1.82, 2.24) is 0 Å². The molecule has 0 fully saturated rings. The zero-order valence-electron chi connectivity index (χ0n) is 11.1. The number of benzene rings is 2. The van der Waals surface area contributed by atoms with Crippen molar-refractivity contribution in [2.24, 2.45) is 0 Å². The molecule has 0 aliphatic rings. The van der Waals surface area contributed by atoms with E-state index in [1.807, 2.05) is 62.4 Å². The van der Waals surface area contributed by atoms with Gasteiger partial charge in [-0.05, 0) is 31.5 Å². The Bertz CT molecular complexity index is 549. The minimum absolute atomic E-state index is 0.631. The molecule has 0 aromatic heterocycles. The maximum absolute atomic E-state index is 11.6. The summed E-state index contributed by atoms with van der Waals surface area (Å²) in [5, 5.41) is 9.55. The van der Waals surface area contributed by atoms with Gasteiger partial charge in [0.2, 0.25) is 0 Å². The molecule has 1 amide bonds. The van der Waals surface area contributed by atoms with Gasteiger partial charge in [-0.15, -0.1) is 0 Å². The number of carboxylic acid groups (broad SMARTS) is 1. The quantitative estimate of drug-likeness (QED) is 0.896. The van der Waals surface area contributed by atoms with Gasteiger partial charge < -0.3 is 5.11 Å². The Morgan fingerprint density at radius 1 is 0.947 bits per heavy atom. The van der Waals surface area contributed by atoms with Crippen LogP contribution in [0.5, 0.6) is 0 Å². The molecule has 0 saturated carbocycles. The molecule has 0 spiro atoms. The minimum Gasteiger partial charge on any atom is -0.465 e. The summed E-state index contributed by atoms with van der Waals surface area (Å²) in [4.78, 5) is 13.0. The van der Waals surface area contributed by atoms with Gasteiger partial charge in [0.1, 0.15) is 0 Å². The topological polar surface area (TPSA) is 40.5 Å². The molecular formula is C16H17NO2. The average molecular weight is 255 g/mol. The van der Waals surface area contributed by atoms with Gasteiger partial charge in [0.25, 0.3) is 0 Å². The van der Waals surface area contributed by atoms with E-state index >= 15 is 0 Å². The molecule has 2 aromatic carbocycles. The molecule has 0 saturated heterocycles. The van der Waals surface area contributed by atoms with Gasteiger partial charge >= 0.3 is 6.09 Å². The van der Waals surface area contributed by atoms with Gasteiger partial charge in [-0.2, -0.15) is 0 Å². The zero-order chi connectivity index (χ0) is 13.9. The minimum atomic E-state index is -0.958. The molecule has 3 heteroatoms. The fraction of sp³-hybridized carbons (Fsp3) is 0.188. The highest BCUT2D eigenvalue weighted by molar-refractivity contribution is 5.87. The number of anilines is 1.